The lowest BCUT2D eigenvalue weighted by Crippen LogP contribution is -2.44. The Morgan fingerprint density at radius 2 is 2.05 bits per heavy atom. The molecule has 0 bridgehead atoms. The van der Waals surface area contributed by atoms with Crippen molar-refractivity contribution < 1.29 is 9.84 Å². The highest BCUT2D eigenvalue weighted by Crippen LogP contribution is 2.33. The minimum absolute atomic E-state index is 0.216. The van der Waals surface area contributed by atoms with Crippen molar-refractivity contribution in [1.29, 1.82) is 0 Å². The van der Waals surface area contributed by atoms with Gasteiger partial charge in [-0.05, 0) is 24.6 Å². The van der Waals surface area contributed by atoms with Crippen LogP contribution >= 0.6 is 0 Å². The van der Waals surface area contributed by atoms with Gasteiger partial charge < -0.3 is 9.84 Å². The second kappa shape index (κ2) is 6.22. The zero-order valence-corrected chi connectivity index (χ0v) is 12.2. The number of likely N-dealkylation sites (N-methyl/N-ethyl adjacent to an activating group) is 1. The topological polar surface area (TPSA) is 35.9 Å². The van der Waals surface area contributed by atoms with Gasteiger partial charge in [0.15, 0.2) is 0 Å². The van der Waals surface area contributed by atoms with Gasteiger partial charge in [-0.1, -0.05) is 24.3 Å². The maximum atomic E-state index is 10.5. The summed E-state index contributed by atoms with van der Waals surface area (Å²) in [6, 6.07) is 8.47. The number of aliphatic hydroxyl groups is 1. The molecule has 0 unspecified atom stereocenters. The fourth-order valence-electron chi connectivity index (χ4n) is 3.24. The Bertz CT molecular complexity index is 446. The smallest absolute Gasteiger partial charge is 0.0950 e. The molecule has 2 atom stereocenters. The first-order chi connectivity index (χ1) is 9.75. The van der Waals surface area contributed by atoms with Crippen LogP contribution in [0.25, 0.3) is 0 Å². The van der Waals surface area contributed by atoms with E-state index < -0.39 is 0 Å². The van der Waals surface area contributed by atoms with Gasteiger partial charge in [-0.25, -0.2) is 0 Å². The number of ether oxygens (including phenoxy) is 1. The monoisotopic (exact) mass is 276 g/mol. The quantitative estimate of drug-likeness (QED) is 0.887. The highest BCUT2D eigenvalue weighted by Gasteiger charge is 2.33. The number of benzene rings is 1. The van der Waals surface area contributed by atoms with E-state index >= 15 is 0 Å². The Hall–Kier alpha value is -0.940. The third-order valence-corrected chi connectivity index (χ3v) is 4.61. The first kappa shape index (κ1) is 14.0. The maximum Gasteiger partial charge on any atom is 0.0950 e. The molecule has 0 aromatic heterocycles. The summed E-state index contributed by atoms with van der Waals surface area (Å²) in [5, 5.41) is 10.5. The largest absolute Gasteiger partial charge is 0.387 e. The summed E-state index contributed by atoms with van der Waals surface area (Å²) in [5.74, 6) is 0. The highest BCUT2D eigenvalue weighted by molar-refractivity contribution is 5.35. The molecular weight excluding hydrogens is 252 g/mol. The minimum atomic E-state index is -0.346. The first-order valence-corrected chi connectivity index (χ1v) is 7.52. The molecule has 0 spiro atoms. The predicted molar refractivity (Wildman–Crippen MR) is 78.8 cm³/mol. The fraction of sp³-hybridized carbons (Fsp3) is 0.625. The fourth-order valence-corrected chi connectivity index (χ4v) is 3.24. The van der Waals surface area contributed by atoms with E-state index in [0.29, 0.717) is 0 Å². The average molecular weight is 276 g/mol. The summed E-state index contributed by atoms with van der Waals surface area (Å²) in [5.41, 5.74) is 2.40. The molecule has 1 saturated heterocycles. The molecular formula is C16H24N2O2. The van der Waals surface area contributed by atoms with Crippen LogP contribution in [0, 0.1) is 0 Å². The number of rotatable bonds is 4. The molecule has 1 aromatic rings. The van der Waals surface area contributed by atoms with Crippen LogP contribution in [-0.4, -0.2) is 67.4 Å². The van der Waals surface area contributed by atoms with Crippen LogP contribution in [0.4, 0.5) is 0 Å². The molecule has 4 heteroatoms. The summed E-state index contributed by atoms with van der Waals surface area (Å²) in [6.45, 7) is 5.81. The Morgan fingerprint density at radius 1 is 1.30 bits per heavy atom. The summed E-state index contributed by atoms with van der Waals surface area (Å²) >= 11 is 0. The molecule has 2 aliphatic rings. The molecule has 1 aliphatic carbocycles. The molecule has 110 valence electrons. The van der Waals surface area contributed by atoms with Crippen LogP contribution in [-0.2, 0) is 11.2 Å². The van der Waals surface area contributed by atoms with Crippen molar-refractivity contribution in [3.05, 3.63) is 35.4 Å². The van der Waals surface area contributed by atoms with Crippen molar-refractivity contribution >= 4 is 0 Å². The molecule has 1 N–H and O–H groups in total. The molecule has 0 radical (unpaired) electrons. The van der Waals surface area contributed by atoms with Gasteiger partial charge in [0.2, 0.25) is 0 Å². The molecule has 1 aromatic carbocycles. The van der Waals surface area contributed by atoms with Crippen molar-refractivity contribution in [3.63, 3.8) is 0 Å². The van der Waals surface area contributed by atoms with Crippen LogP contribution in [0.3, 0.4) is 0 Å². The van der Waals surface area contributed by atoms with E-state index in [1.165, 1.54) is 5.56 Å². The van der Waals surface area contributed by atoms with Crippen molar-refractivity contribution in [3.8, 4) is 0 Å². The van der Waals surface area contributed by atoms with E-state index in [9.17, 15) is 5.11 Å². The van der Waals surface area contributed by atoms with Gasteiger partial charge in [0.25, 0.3) is 0 Å². The van der Waals surface area contributed by atoms with E-state index in [0.717, 1.165) is 51.4 Å². The first-order valence-electron chi connectivity index (χ1n) is 7.52. The summed E-state index contributed by atoms with van der Waals surface area (Å²) in [7, 11) is 2.13. The summed E-state index contributed by atoms with van der Waals surface area (Å²) in [6.07, 6.45) is 0.609. The molecule has 3 rings (SSSR count). The van der Waals surface area contributed by atoms with Gasteiger partial charge in [-0.15, -0.1) is 0 Å². The van der Waals surface area contributed by atoms with Crippen LogP contribution in [0.5, 0.6) is 0 Å². The van der Waals surface area contributed by atoms with Gasteiger partial charge in [0.1, 0.15) is 0 Å². The summed E-state index contributed by atoms with van der Waals surface area (Å²) in [4.78, 5) is 4.74. The zero-order valence-electron chi connectivity index (χ0n) is 12.2. The molecule has 0 amide bonds. The number of nitrogens with zero attached hydrogens (tertiary/aromatic N) is 2. The second-order valence-electron chi connectivity index (χ2n) is 5.85. The lowest BCUT2D eigenvalue weighted by molar-refractivity contribution is 0.0251. The molecule has 1 aliphatic heterocycles. The van der Waals surface area contributed by atoms with E-state index in [-0.39, 0.29) is 12.1 Å². The molecule has 4 nitrogen and oxygen atoms in total. The van der Waals surface area contributed by atoms with E-state index in [2.05, 4.69) is 35.0 Å². The highest BCUT2D eigenvalue weighted by atomic mass is 16.5. The predicted octanol–water partition coefficient (Wildman–Crippen LogP) is 0.909. The van der Waals surface area contributed by atoms with Crippen molar-refractivity contribution in [2.24, 2.45) is 0 Å². The number of hydrogen-bond donors (Lipinski definition) is 1. The van der Waals surface area contributed by atoms with Crippen LogP contribution in [0.2, 0.25) is 0 Å². The number of hydrogen-bond acceptors (Lipinski definition) is 4. The molecule has 1 fully saturated rings. The van der Waals surface area contributed by atoms with Gasteiger partial charge in [-0.3, -0.25) is 9.80 Å². The SMILES string of the molecule is CN(CCN1CCOCC1)[C@@H]1Cc2ccccc2[C@@H]1O. The lowest BCUT2D eigenvalue weighted by atomic mass is 10.1. The third-order valence-electron chi connectivity index (χ3n) is 4.61. The van der Waals surface area contributed by atoms with E-state index in [1.54, 1.807) is 0 Å². The van der Waals surface area contributed by atoms with Crippen LogP contribution < -0.4 is 0 Å². The maximum absolute atomic E-state index is 10.5. The number of aliphatic hydroxyl groups excluding tert-OH is 1. The van der Waals surface area contributed by atoms with Gasteiger partial charge in [0, 0.05) is 32.2 Å². The Kier molecular flexibility index (Phi) is 4.36. The Morgan fingerprint density at radius 3 is 2.80 bits per heavy atom. The van der Waals surface area contributed by atoms with Crippen molar-refractivity contribution in [2.75, 3.05) is 46.4 Å². The van der Waals surface area contributed by atoms with Crippen LogP contribution in [0.15, 0.2) is 24.3 Å². The molecule has 20 heavy (non-hydrogen) atoms. The van der Waals surface area contributed by atoms with Crippen LogP contribution in [0.1, 0.15) is 17.2 Å². The van der Waals surface area contributed by atoms with E-state index in [4.69, 9.17) is 4.74 Å². The Balaban J connectivity index is 1.54. The molecule has 0 saturated carbocycles. The number of morpholine rings is 1. The molecule has 1 heterocycles. The summed E-state index contributed by atoms with van der Waals surface area (Å²) < 4.78 is 5.37. The van der Waals surface area contributed by atoms with Crippen molar-refractivity contribution in [2.45, 2.75) is 18.6 Å². The second-order valence-corrected chi connectivity index (χ2v) is 5.85. The zero-order chi connectivity index (χ0) is 13.9. The number of fused-ring (bicyclic) bond motifs is 1. The average Bonchev–Trinajstić information content (AvgIpc) is 2.84. The third kappa shape index (κ3) is 2.88. The minimum Gasteiger partial charge on any atom is -0.387 e. The normalized spacial score (nSPS) is 26.9. The van der Waals surface area contributed by atoms with E-state index in [1.807, 2.05) is 6.07 Å². The van der Waals surface area contributed by atoms with Gasteiger partial charge in [0.05, 0.1) is 19.3 Å². The Labute approximate surface area is 120 Å². The van der Waals surface area contributed by atoms with Crippen molar-refractivity contribution in [1.82, 2.24) is 9.80 Å². The standard InChI is InChI=1S/C16H24N2O2/c1-17(6-7-18-8-10-20-11-9-18)15-12-13-4-2-3-5-14(13)16(15)19/h2-5,15-16,19H,6-12H2,1H3/t15-,16+/m1/s1. The lowest BCUT2D eigenvalue weighted by Gasteiger charge is -2.32. The van der Waals surface area contributed by atoms with Gasteiger partial charge in [-0.2, -0.15) is 0 Å². The van der Waals surface area contributed by atoms with Gasteiger partial charge >= 0.3 is 0 Å².